The molecular formula is C23H29Br3N6O. The van der Waals surface area contributed by atoms with Crippen molar-refractivity contribution >= 4 is 71.3 Å². The number of halogens is 3. The second-order valence-electron chi connectivity index (χ2n) is 8.93. The number of nitrogens with zero attached hydrogens (tertiary/aromatic N) is 3. The van der Waals surface area contributed by atoms with Gasteiger partial charge < -0.3 is 20.9 Å². The number of urea groups is 1. The van der Waals surface area contributed by atoms with Gasteiger partial charge in [-0.25, -0.2) is 9.78 Å². The van der Waals surface area contributed by atoms with Crippen molar-refractivity contribution < 1.29 is 4.79 Å². The van der Waals surface area contributed by atoms with Crippen molar-refractivity contribution in [3.05, 3.63) is 36.8 Å². The Morgan fingerprint density at radius 2 is 1.61 bits per heavy atom. The molecule has 1 aromatic heterocycles. The maximum atomic E-state index is 12.6. The average Bonchev–Trinajstić information content (AvgIpc) is 2.77. The van der Waals surface area contributed by atoms with Gasteiger partial charge >= 0.3 is 6.03 Å². The zero-order valence-corrected chi connectivity index (χ0v) is 23.6. The summed E-state index contributed by atoms with van der Waals surface area (Å²) >= 11 is 10.4. The molecule has 1 aromatic carbocycles. The number of aromatic nitrogens is 2. The molecule has 0 aliphatic heterocycles. The first kappa shape index (κ1) is 24.7. The number of carbonyl (C=O) groups excluding carboxylic acids is 1. The van der Waals surface area contributed by atoms with Crippen LogP contribution < -0.4 is 20.9 Å². The molecule has 1 saturated carbocycles. The molecule has 0 unspecified atom stereocenters. The summed E-state index contributed by atoms with van der Waals surface area (Å²) in [6.45, 7) is 0. The van der Waals surface area contributed by atoms with E-state index in [1.54, 1.807) is 0 Å². The highest BCUT2D eigenvalue weighted by Crippen LogP contribution is 2.34. The molecule has 0 atom stereocenters. The summed E-state index contributed by atoms with van der Waals surface area (Å²) in [5.41, 5.74) is 3.21. The van der Waals surface area contributed by atoms with Gasteiger partial charge in [0.2, 0.25) is 5.95 Å². The van der Waals surface area contributed by atoms with Crippen molar-refractivity contribution in [1.82, 2.24) is 15.3 Å². The summed E-state index contributed by atoms with van der Waals surface area (Å²) in [5, 5.41) is 9.63. The summed E-state index contributed by atoms with van der Waals surface area (Å²) in [6.07, 6.45) is 8.27. The number of benzene rings is 1. The molecule has 7 nitrogen and oxygen atoms in total. The van der Waals surface area contributed by atoms with Crippen LogP contribution in [0.2, 0.25) is 0 Å². The number of amides is 2. The minimum atomic E-state index is -0.191. The first-order valence-corrected chi connectivity index (χ1v) is 13.7. The lowest BCUT2D eigenvalue weighted by molar-refractivity contribution is 0.243. The van der Waals surface area contributed by atoms with Gasteiger partial charge in [0, 0.05) is 45.2 Å². The highest BCUT2D eigenvalue weighted by Gasteiger charge is 2.25. The molecule has 2 aliphatic carbocycles. The molecule has 10 heteroatoms. The van der Waals surface area contributed by atoms with Crippen molar-refractivity contribution in [3.8, 4) is 0 Å². The number of nitrogens with one attached hydrogen (secondary N) is 3. The van der Waals surface area contributed by atoms with Crippen LogP contribution in [-0.2, 0) is 12.8 Å². The average molecular weight is 645 g/mol. The van der Waals surface area contributed by atoms with Crippen LogP contribution in [0.1, 0.15) is 49.8 Å². The van der Waals surface area contributed by atoms with Crippen molar-refractivity contribution in [3.63, 3.8) is 0 Å². The number of fused-ring (bicyclic) bond motifs is 1. The van der Waals surface area contributed by atoms with Crippen LogP contribution in [0.4, 0.5) is 22.2 Å². The van der Waals surface area contributed by atoms with Crippen LogP contribution >= 0.6 is 47.8 Å². The molecule has 2 aliphatic rings. The van der Waals surface area contributed by atoms with Gasteiger partial charge in [-0.1, -0.05) is 15.9 Å². The minimum Gasteiger partial charge on any atom is -0.362 e. The van der Waals surface area contributed by atoms with Gasteiger partial charge in [-0.3, -0.25) is 0 Å². The van der Waals surface area contributed by atoms with E-state index in [2.05, 4.69) is 68.6 Å². The fraction of sp³-hybridized carbons (Fsp3) is 0.522. The van der Waals surface area contributed by atoms with E-state index in [-0.39, 0.29) is 12.1 Å². The van der Waals surface area contributed by atoms with Crippen LogP contribution in [0, 0.1) is 0 Å². The molecule has 2 amide bonds. The number of carbonyl (C=O) groups is 1. The summed E-state index contributed by atoms with van der Waals surface area (Å²) in [4.78, 5) is 24.3. The van der Waals surface area contributed by atoms with E-state index in [1.807, 2.05) is 26.2 Å². The van der Waals surface area contributed by atoms with Crippen molar-refractivity contribution in [2.24, 2.45) is 0 Å². The SMILES string of the molecule is CN(C)c1nc(NC2CCC(NC(=O)Nc3c(Br)cc(Br)cc3Br)CC2)nc2c1CCCC2. The van der Waals surface area contributed by atoms with Crippen molar-refractivity contribution in [2.45, 2.75) is 63.5 Å². The van der Waals surface area contributed by atoms with Crippen LogP contribution in [0.25, 0.3) is 0 Å². The lowest BCUT2D eigenvalue weighted by Crippen LogP contribution is -2.42. The van der Waals surface area contributed by atoms with Gasteiger partial charge in [-0.05, 0) is 95.4 Å². The van der Waals surface area contributed by atoms with Gasteiger partial charge in [-0.15, -0.1) is 0 Å². The number of aryl methyl sites for hydroxylation is 1. The topological polar surface area (TPSA) is 82.2 Å². The Morgan fingerprint density at radius 3 is 2.27 bits per heavy atom. The number of anilines is 3. The maximum absolute atomic E-state index is 12.6. The molecule has 0 radical (unpaired) electrons. The van der Waals surface area contributed by atoms with E-state index < -0.39 is 0 Å². The molecule has 178 valence electrons. The number of rotatable bonds is 5. The van der Waals surface area contributed by atoms with E-state index in [4.69, 9.17) is 9.97 Å². The summed E-state index contributed by atoms with van der Waals surface area (Å²) in [6, 6.07) is 4.09. The molecule has 1 fully saturated rings. The summed E-state index contributed by atoms with van der Waals surface area (Å²) < 4.78 is 2.56. The molecule has 0 bridgehead atoms. The van der Waals surface area contributed by atoms with Crippen LogP contribution in [0.3, 0.4) is 0 Å². The van der Waals surface area contributed by atoms with E-state index in [9.17, 15) is 4.79 Å². The normalized spacial score (nSPS) is 20.0. The van der Waals surface area contributed by atoms with Gasteiger partial charge in [0.25, 0.3) is 0 Å². The van der Waals surface area contributed by atoms with Gasteiger partial charge in [0.1, 0.15) is 5.82 Å². The standard InChI is InChI=1S/C23H29Br3N6O/c1-32(2)21-16-5-3-4-6-19(16)29-22(31-21)27-14-7-9-15(10-8-14)28-23(33)30-20-17(25)11-13(24)12-18(20)26/h11-12,14-15H,3-10H2,1-2H3,(H,27,29,31)(H2,28,30,33). The van der Waals surface area contributed by atoms with E-state index in [0.717, 1.165) is 63.7 Å². The third-order valence-corrected chi connectivity index (χ3v) is 7.93. The molecule has 2 aromatic rings. The largest absolute Gasteiger partial charge is 0.362 e. The fourth-order valence-corrected chi connectivity index (χ4v) is 7.03. The highest BCUT2D eigenvalue weighted by atomic mass is 79.9. The van der Waals surface area contributed by atoms with Crippen LogP contribution in [-0.4, -0.2) is 42.2 Å². The zero-order valence-electron chi connectivity index (χ0n) is 18.9. The van der Waals surface area contributed by atoms with E-state index in [0.29, 0.717) is 11.7 Å². The van der Waals surface area contributed by atoms with Crippen LogP contribution in [0.15, 0.2) is 25.6 Å². The minimum absolute atomic E-state index is 0.151. The smallest absolute Gasteiger partial charge is 0.319 e. The van der Waals surface area contributed by atoms with E-state index in [1.165, 1.54) is 24.1 Å². The molecular weight excluding hydrogens is 616 g/mol. The summed E-state index contributed by atoms with van der Waals surface area (Å²) in [7, 11) is 4.10. The third kappa shape index (κ3) is 6.19. The maximum Gasteiger partial charge on any atom is 0.319 e. The van der Waals surface area contributed by atoms with Crippen molar-refractivity contribution in [2.75, 3.05) is 29.6 Å². The summed E-state index contributed by atoms with van der Waals surface area (Å²) in [5.74, 6) is 1.78. The van der Waals surface area contributed by atoms with Crippen LogP contribution in [0.5, 0.6) is 0 Å². The zero-order chi connectivity index (χ0) is 23.5. The fourth-order valence-electron chi connectivity index (χ4n) is 4.57. The predicted octanol–water partition coefficient (Wildman–Crippen LogP) is 6.25. The molecule has 1 heterocycles. The predicted molar refractivity (Wildman–Crippen MR) is 144 cm³/mol. The Balaban J connectivity index is 1.31. The molecule has 33 heavy (non-hydrogen) atoms. The first-order valence-electron chi connectivity index (χ1n) is 11.4. The number of hydrogen-bond donors (Lipinski definition) is 3. The van der Waals surface area contributed by atoms with Gasteiger partial charge in [0.05, 0.1) is 11.4 Å². The van der Waals surface area contributed by atoms with Gasteiger partial charge in [-0.2, -0.15) is 4.98 Å². The quantitative estimate of drug-likeness (QED) is 0.358. The first-order chi connectivity index (χ1) is 15.8. The molecule has 3 N–H and O–H groups in total. The number of hydrogen-bond acceptors (Lipinski definition) is 5. The third-order valence-electron chi connectivity index (χ3n) is 6.23. The van der Waals surface area contributed by atoms with Gasteiger partial charge in [0.15, 0.2) is 0 Å². The Bertz CT molecular complexity index is 1000. The Hall–Kier alpha value is -1.39. The Kier molecular flexibility index (Phi) is 8.17. The Morgan fingerprint density at radius 1 is 0.970 bits per heavy atom. The van der Waals surface area contributed by atoms with Crippen molar-refractivity contribution in [1.29, 1.82) is 0 Å². The van der Waals surface area contributed by atoms with E-state index >= 15 is 0 Å². The monoisotopic (exact) mass is 642 g/mol. The molecule has 4 rings (SSSR count). The highest BCUT2D eigenvalue weighted by molar-refractivity contribution is 9.11. The lowest BCUT2D eigenvalue weighted by atomic mass is 9.91. The lowest BCUT2D eigenvalue weighted by Gasteiger charge is -2.30. The second kappa shape index (κ2) is 10.9. The second-order valence-corrected chi connectivity index (χ2v) is 11.6. The molecule has 0 saturated heterocycles. The Labute approximate surface area is 220 Å². The molecule has 0 spiro atoms.